The van der Waals surface area contributed by atoms with Crippen molar-refractivity contribution >= 4 is 40.9 Å². The largest absolute Gasteiger partial charge is 0.244 e. The minimum absolute atomic E-state index is 0.750. The zero-order chi connectivity index (χ0) is 15.1. The molecule has 0 N–H and O–H groups in total. The first-order valence-electron chi connectivity index (χ1n) is 6.86. The Morgan fingerprint density at radius 1 is 1.05 bits per heavy atom. The van der Waals surface area contributed by atoms with Crippen molar-refractivity contribution in [2.24, 2.45) is 0 Å². The SMILES string of the molecule is Cc1ccc(N2C=[N+](C)c3ccc(C)c(Cl)c3C2)cc1Cl. The maximum absolute atomic E-state index is 6.49. The third-order valence-electron chi connectivity index (χ3n) is 3.92. The van der Waals surface area contributed by atoms with E-state index in [1.165, 1.54) is 0 Å². The normalized spacial score (nSPS) is 14.0. The van der Waals surface area contributed by atoms with Gasteiger partial charge < -0.3 is 0 Å². The Morgan fingerprint density at radius 2 is 1.76 bits per heavy atom. The first-order chi connectivity index (χ1) is 9.97. The van der Waals surface area contributed by atoms with Crippen LogP contribution in [0.3, 0.4) is 0 Å². The minimum atomic E-state index is 0.750. The quantitative estimate of drug-likeness (QED) is 0.675. The Labute approximate surface area is 135 Å². The Hall–Kier alpha value is -1.51. The number of fused-ring (bicyclic) bond motifs is 1. The molecule has 0 aromatic heterocycles. The van der Waals surface area contributed by atoms with Gasteiger partial charge in [-0.3, -0.25) is 0 Å². The highest BCUT2D eigenvalue weighted by Gasteiger charge is 2.25. The molecule has 0 spiro atoms. The van der Waals surface area contributed by atoms with Gasteiger partial charge in [0, 0.05) is 11.1 Å². The van der Waals surface area contributed by atoms with Crippen LogP contribution in [0.1, 0.15) is 16.7 Å². The van der Waals surface area contributed by atoms with E-state index in [2.05, 4.69) is 34.0 Å². The highest BCUT2D eigenvalue weighted by atomic mass is 35.5. The Morgan fingerprint density at radius 3 is 2.48 bits per heavy atom. The lowest BCUT2D eigenvalue weighted by molar-refractivity contribution is -0.403. The fraction of sp³-hybridized carbons (Fsp3) is 0.235. The summed E-state index contributed by atoms with van der Waals surface area (Å²) in [6, 6.07) is 10.3. The van der Waals surface area contributed by atoms with Gasteiger partial charge in [0.25, 0.3) is 0 Å². The van der Waals surface area contributed by atoms with Crippen LogP contribution >= 0.6 is 23.2 Å². The van der Waals surface area contributed by atoms with Crippen molar-refractivity contribution in [3.63, 3.8) is 0 Å². The number of nitrogens with zero attached hydrogens (tertiary/aromatic N) is 2. The van der Waals surface area contributed by atoms with Crippen molar-refractivity contribution in [3.05, 3.63) is 57.1 Å². The number of aryl methyl sites for hydroxylation is 2. The second kappa shape index (κ2) is 5.36. The van der Waals surface area contributed by atoms with Gasteiger partial charge in [-0.15, -0.1) is 0 Å². The second-order valence-electron chi connectivity index (χ2n) is 5.48. The topological polar surface area (TPSA) is 6.25 Å². The predicted octanol–water partition coefficient (Wildman–Crippen LogP) is 4.93. The van der Waals surface area contributed by atoms with E-state index in [9.17, 15) is 0 Å². The molecular formula is C17H17Cl2N2+. The molecule has 108 valence electrons. The molecule has 0 bridgehead atoms. The molecular weight excluding hydrogens is 303 g/mol. The molecule has 0 amide bonds. The zero-order valence-electron chi connectivity index (χ0n) is 12.3. The summed E-state index contributed by atoms with van der Waals surface area (Å²) in [6.07, 6.45) is 2.08. The molecule has 0 fully saturated rings. The summed E-state index contributed by atoms with van der Waals surface area (Å²) >= 11 is 12.7. The highest BCUT2D eigenvalue weighted by Crippen LogP contribution is 2.34. The van der Waals surface area contributed by atoms with Crippen molar-refractivity contribution in [1.82, 2.24) is 0 Å². The van der Waals surface area contributed by atoms with Gasteiger partial charge in [-0.2, -0.15) is 0 Å². The van der Waals surface area contributed by atoms with Crippen LogP contribution in [-0.4, -0.2) is 18.0 Å². The van der Waals surface area contributed by atoms with Crippen LogP contribution in [0.2, 0.25) is 10.0 Å². The van der Waals surface area contributed by atoms with E-state index in [0.717, 1.165) is 44.7 Å². The number of anilines is 1. The minimum Gasteiger partial charge on any atom is -0.236 e. The third kappa shape index (κ3) is 2.54. The van der Waals surface area contributed by atoms with E-state index in [0.29, 0.717) is 0 Å². The molecule has 0 radical (unpaired) electrons. The summed E-state index contributed by atoms with van der Waals surface area (Å²) in [4.78, 5) is 2.17. The van der Waals surface area contributed by atoms with E-state index in [-0.39, 0.29) is 0 Å². The molecule has 2 nitrogen and oxygen atoms in total. The van der Waals surface area contributed by atoms with Gasteiger partial charge in [0.2, 0.25) is 6.34 Å². The maximum atomic E-state index is 6.49. The number of hydrogen-bond donors (Lipinski definition) is 0. The second-order valence-corrected chi connectivity index (χ2v) is 6.27. The molecule has 4 heteroatoms. The van der Waals surface area contributed by atoms with Crippen LogP contribution in [0, 0.1) is 13.8 Å². The number of benzene rings is 2. The predicted molar refractivity (Wildman–Crippen MR) is 90.5 cm³/mol. The Balaban J connectivity index is 2.06. The van der Waals surface area contributed by atoms with Crippen molar-refractivity contribution < 1.29 is 4.58 Å². The summed E-state index contributed by atoms with van der Waals surface area (Å²) in [5.74, 6) is 0. The lowest BCUT2D eigenvalue weighted by atomic mass is 10.1. The summed E-state index contributed by atoms with van der Waals surface area (Å²) < 4.78 is 2.10. The van der Waals surface area contributed by atoms with E-state index >= 15 is 0 Å². The van der Waals surface area contributed by atoms with E-state index in [1.54, 1.807) is 0 Å². The highest BCUT2D eigenvalue weighted by molar-refractivity contribution is 6.32. The van der Waals surface area contributed by atoms with Crippen molar-refractivity contribution in [3.8, 4) is 0 Å². The molecule has 0 saturated heterocycles. The summed E-state index contributed by atoms with van der Waals surface area (Å²) in [7, 11) is 2.03. The standard InChI is InChI=1S/C17H17Cl2N2/c1-11-4-6-13(8-15(11)18)21-9-14-16(20(3)10-21)7-5-12(2)17(14)19/h4-8,10H,9H2,1-3H3/q+1. The number of rotatable bonds is 1. The number of halogens is 2. The van der Waals surface area contributed by atoms with E-state index < -0.39 is 0 Å². The van der Waals surface area contributed by atoms with E-state index in [4.69, 9.17) is 23.2 Å². The van der Waals surface area contributed by atoms with Crippen LogP contribution in [0.4, 0.5) is 11.4 Å². The van der Waals surface area contributed by atoms with E-state index in [1.807, 2.05) is 33.0 Å². The molecule has 1 aliphatic heterocycles. The van der Waals surface area contributed by atoms with Crippen molar-refractivity contribution in [2.45, 2.75) is 20.4 Å². The van der Waals surface area contributed by atoms with Gasteiger partial charge >= 0.3 is 0 Å². The molecule has 2 aromatic rings. The Kier molecular flexibility index (Phi) is 3.68. The first kappa shape index (κ1) is 14.4. The van der Waals surface area contributed by atoms with Gasteiger partial charge in [-0.05, 0) is 37.1 Å². The van der Waals surface area contributed by atoms with Gasteiger partial charge in [0.15, 0.2) is 0 Å². The summed E-state index contributed by atoms with van der Waals surface area (Å²) in [6.45, 7) is 4.79. The zero-order valence-corrected chi connectivity index (χ0v) is 13.8. The fourth-order valence-electron chi connectivity index (χ4n) is 2.61. The lowest BCUT2D eigenvalue weighted by Crippen LogP contribution is -2.30. The van der Waals surface area contributed by atoms with Gasteiger partial charge in [-0.25, -0.2) is 9.48 Å². The molecule has 0 aliphatic carbocycles. The van der Waals surface area contributed by atoms with Crippen LogP contribution in [-0.2, 0) is 6.54 Å². The molecule has 1 heterocycles. The smallest absolute Gasteiger partial charge is 0.236 e. The van der Waals surface area contributed by atoms with Gasteiger partial charge in [0.1, 0.15) is 17.9 Å². The molecule has 2 aromatic carbocycles. The average Bonchev–Trinajstić information content (AvgIpc) is 2.46. The molecule has 3 rings (SSSR count). The average molecular weight is 320 g/mol. The molecule has 0 atom stereocenters. The van der Waals surface area contributed by atoms with Crippen molar-refractivity contribution in [2.75, 3.05) is 11.9 Å². The van der Waals surface area contributed by atoms with Crippen LogP contribution < -0.4 is 4.90 Å². The molecule has 0 saturated carbocycles. The first-order valence-corrected chi connectivity index (χ1v) is 7.61. The fourth-order valence-corrected chi connectivity index (χ4v) is 3.00. The van der Waals surface area contributed by atoms with Crippen LogP contribution in [0.15, 0.2) is 30.3 Å². The van der Waals surface area contributed by atoms with Gasteiger partial charge in [-0.1, -0.05) is 35.3 Å². The summed E-state index contributed by atoms with van der Waals surface area (Å²) in [5.41, 5.74) is 5.56. The summed E-state index contributed by atoms with van der Waals surface area (Å²) in [5, 5.41) is 1.63. The maximum Gasteiger partial charge on any atom is 0.244 e. The third-order valence-corrected chi connectivity index (χ3v) is 4.85. The van der Waals surface area contributed by atoms with Gasteiger partial charge in [0.05, 0.1) is 17.6 Å². The van der Waals surface area contributed by atoms with Crippen LogP contribution in [0.5, 0.6) is 0 Å². The molecule has 21 heavy (non-hydrogen) atoms. The monoisotopic (exact) mass is 319 g/mol. The molecule has 0 unspecified atom stereocenters. The van der Waals surface area contributed by atoms with Crippen molar-refractivity contribution in [1.29, 1.82) is 0 Å². The van der Waals surface area contributed by atoms with Crippen LogP contribution in [0.25, 0.3) is 0 Å². The number of hydrogen-bond acceptors (Lipinski definition) is 1. The lowest BCUT2D eigenvalue weighted by Gasteiger charge is -2.22. The Bertz CT molecular complexity index is 751. The molecule has 1 aliphatic rings.